The molecule has 2 aromatic rings. The predicted octanol–water partition coefficient (Wildman–Crippen LogP) is 3.53. The number of benzene rings is 2. The normalized spacial score (nSPS) is 12.3. The van der Waals surface area contributed by atoms with Crippen molar-refractivity contribution in [3.8, 4) is 17.2 Å². The molecule has 1 heterocycles. The third-order valence-corrected chi connectivity index (χ3v) is 3.96. The molecule has 6 heteroatoms. The maximum Gasteiger partial charge on any atom is 0.231 e. The highest BCUT2D eigenvalue weighted by molar-refractivity contribution is 5.94. The van der Waals surface area contributed by atoms with Crippen molar-refractivity contribution < 1.29 is 19.0 Å². The average Bonchev–Trinajstić information content (AvgIpc) is 3.02. The van der Waals surface area contributed by atoms with Crippen LogP contribution in [0.25, 0.3) is 0 Å². The number of nitrogens with one attached hydrogen (secondary N) is 1. The van der Waals surface area contributed by atoms with Crippen molar-refractivity contribution in [2.75, 3.05) is 24.5 Å². The topological polar surface area (TPSA) is 82.8 Å². The van der Waals surface area contributed by atoms with Crippen molar-refractivity contribution in [1.29, 1.82) is 0 Å². The molecule has 0 aliphatic carbocycles. The second kappa shape index (κ2) is 7.34. The maximum absolute atomic E-state index is 12.1. The van der Waals surface area contributed by atoms with Crippen LogP contribution in [0.4, 0.5) is 11.4 Å². The second-order valence-electron chi connectivity index (χ2n) is 6.16. The van der Waals surface area contributed by atoms with Crippen molar-refractivity contribution in [3.05, 3.63) is 42.0 Å². The number of carbonyl (C=O) groups excluding carboxylic acids is 1. The molecule has 0 spiro atoms. The summed E-state index contributed by atoms with van der Waals surface area (Å²) in [6.07, 6.45) is 0.222. The number of anilines is 2. The van der Waals surface area contributed by atoms with Crippen LogP contribution in [0.5, 0.6) is 17.2 Å². The molecule has 0 atom stereocenters. The number of rotatable bonds is 6. The molecule has 3 rings (SSSR count). The van der Waals surface area contributed by atoms with Crippen LogP contribution in [0.2, 0.25) is 0 Å². The smallest absolute Gasteiger partial charge is 0.231 e. The summed E-state index contributed by atoms with van der Waals surface area (Å²) in [5.74, 6) is 2.21. The van der Waals surface area contributed by atoms with Gasteiger partial charge >= 0.3 is 0 Å². The van der Waals surface area contributed by atoms with Crippen LogP contribution in [0.1, 0.15) is 31.7 Å². The predicted molar refractivity (Wildman–Crippen MR) is 96.3 cm³/mol. The number of carbonyl (C=O) groups is 1. The van der Waals surface area contributed by atoms with Crippen molar-refractivity contribution in [2.24, 2.45) is 0 Å². The van der Waals surface area contributed by atoms with Gasteiger partial charge in [0, 0.05) is 12.1 Å². The van der Waals surface area contributed by atoms with Crippen molar-refractivity contribution in [2.45, 2.75) is 26.2 Å². The molecule has 0 unspecified atom stereocenters. The zero-order chi connectivity index (χ0) is 17.8. The van der Waals surface area contributed by atoms with E-state index in [1.54, 1.807) is 12.1 Å². The number of fused-ring (bicyclic) bond motifs is 1. The average molecular weight is 342 g/mol. The molecule has 0 bridgehead atoms. The molecule has 0 fully saturated rings. The van der Waals surface area contributed by atoms with Gasteiger partial charge in [-0.25, -0.2) is 0 Å². The molecular formula is C19H22N2O4. The Morgan fingerprint density at radius 3 is 2.56 bits per heavy atom. The van der Waals surface area contributed by atoms with Gasteiger partial charge in [-0.15, -0.1) is 0 Å². The summed E-state index contributed by atoms with van der Waals surface area (Å²) in [6, 6.07) is 11.2. The Balaban J connectivity index is 1.50. The van der Waals surface area contributed by atoms with Crippen LogP contribution in [0.15, 0.2) is 36.4 Å². The first-order chi connectivity index (χ1) is 12.0. The molecule has 6 nitrogen and oxygen atoms in total. The number of ether oxygens (including phenoxy) is 3. The molecule has 3 N–H and O–H groups in total. The molecule has 1 amide bonds. The number of hydrogen-bond donors (Lipinski definition) is 2. The van der Waals surface area contributed by atoms with Gasteiger partial charge in [0.2, 0.25) is 12.7 Å². The number of nitrogen functional groups attached to an aromatic ring is 1. The van der Waals surface area contributed by atoms with Gasteiger partial charge in [-0.05, 0) is 23.6 Å². The van der Waals surface area contributed by atoms with Gasteiger partial charge in [-0.2, -0.15) is 0 Å². The first kappa shape index (κ1) is 17.0. The second-order valence-corrected chi connectivity index (χ2v) is 6.16. The maximum atomic E-state index is 12.1. The van der Waals surface area contributed by atoms with Crippen LogP contribution in [0.3, 0.4) is 0 Å². The standard InChI is InChI=1S/C19H22N2O4/c1-12(2)13-3-5-14(6-4-13)23-8-7-19(22)21-16-10-18-17(9-15(16)20)24-11-25-18/h3-6,9-10,12H,7-8,11,20H2,1-2H3,(H,21,22). The van der Waals surface area contributed by atoms with E-state index in [0.717, 1.165) is 5.75 Å². The van der Waals surface area contributed by atoms with E-state index in [2.05, 4.69) is 19.2 Å². The Morgan fingerprint density at radius 1 is 1.20 bits per heavy atom. The first-order valence-corrected chi connectivity index (χ1v) is 8.24. The number of hydrogen-bond acceptors (Lipinski definition) is 5. The highest BCUT2D eigenvalue weighted by atomic mass is 16.7. The Kier molecular flexibility index (Phi) is 4.97. The minimum Gasteiger partial charge on any atom is -0.493 e. The molecule has 132 valence electrons. The molecule has 0 radical (unpaired) electrons. The third-order valence-electron chi connectivity index (χ3n) is 3.96. The Labute approximate surface area is 146 Å². The molecule has 0 saturated carbocycles. The molecule has 1 aliphatic heterocycles. The highest BCUT2D eigenvalue weighted by Gasteiger charge is 2.17. The lowest BCUT2D eigenvalue weighted by molar-refractivity contribution is -0.116. The van der Waals surface area contributed by atoms with Crippen LogP contribution in [0, 0.1) is 0 Å². The lowest BCUT2D eigenvalue weighted by Crippen LogP contribution is -2.16. The van der Waals surface area contributed by atoms with Crippen LogP contribution in [-0.2, 0) is 4.79 Å². The van der Waals surface area contributed by atoms with E-state index in [1.165, 1.54) is 5.56 Å². The molecule has 1 aliphatic rings. The van der Waals surface area contributed by atoms with Gasteiger partial charge in [-0.3, -0.25) is 4.79 Å². The SMILES string of the molecule is CC(C)c1ccc(OCCC(=O)Nc2cc3c(cc2N)OCO3)cc1. The van der Waals surface area contributed by atoms with Gasteiger partial charge in [0.25, 0.3) is 0 Å². The molecule has 0 aromatic heterocycles. The van der Waals surface area contributed by atoms with E-state index in [4.69, 9.17) is 19.9 Å². The Morgan fingerprint density at radius 2 is 1.88 bits per heavy atom. The van der Waals surface area contributed by atoms with Crippen molar-refractivity contribution in [1.82, 2.24) is 0 Å². The molecule has 2 aromatic carbocycles. The highest BCUT2D eigenvalue weighted by Crippen LogP contribution is 2.38. The van der Waals surface area contributed by atoms with Gasteiger partial charge in [0.05, 0.1) is 24.4 Å². The quantitative estimate of drug-likeness (QED) is 0.785. The largest absolute Gasteiger partial charge is 0.493 e. The van der Waals surface area contributed by atoms with Crippen LogP contribution in [-0.4, -0.2) is 19.3 Å². The van der Waals surface area contributed by atoms with E-state index in [1.807, 2.05) is 24.3 Å². The van der Waals surface area contributed by atoms with Gasteiger partial charge in [-0.1, -0.05) is 26.0 Å². The Bertz CT molecular complexity index is 757. The zero-order valence-electron chi connectivity index (χ0n) is 14.4. The van der Waals surface area contributed by atoms with Gasteiger partial charge in [0.1, 0.15) is 5.75 Å². The first-order valence-electron chi connectivity index (χ1n) is 8.24. The van der Waals surface area contributed by atoms with Gasteiger partial charge < -0.3 is 25.3 Å². The summed E-state index contributed by atoms with van der Waals surface area (Å²) in [6.45, 7) is 4.73. The van der Waals surface area contributed by atoms with Crippen LogP contribution >= 0.6 is 0 Å². The van der Waals surface area contributed by atoms with E-state index < -0.39 is 0 Å². The zero-order valence-corrected chi connectivity index (χ0v) is 14.4. The van der Waals surface area contributed by atoms with Crippen molar-refractivity contribution >= 4 is 17.3 Å². The van der Waals surface area contributed by atoms with E-state index >= 15 is 0 Å². The van der Waals surface area contributed by atoms with E-state index in [0.29, 0.717) is 28.8 Å². The summed E-state index contributed by atoms with van der Waals surface area (Å²) in [5, 5.41) is 2.77. The lowest BCUT2D eigenvalue weighted by Gasteiger charge is -2.11. The summed E-state index contributed by atoms with van der Waals surface area (Å²) >= 11 is 0. The minimum atomic E-state index is -0.177. The summed E-state index contributed by atoms with van der Waals surface area (Å²) in [5.41, 5.74) is 8.11. The van der Waals surface area contributed by atoms with Crippen LogP contribution < -0.4 is 25.3 Å². The molecule has 0 saturated heterocycles. The minimum absolute atomic E-state index is 0.162. The van der Waals surface area contributed by atoms with E-state index in [9.17, 15) is 4.79 Å². The molecular weight excluding hydrogens is 320 g/mol. The summed E-state index contributed by atoms with van der Waals surface area (Å²) in [7, 11) is 0. The monoisotopic (exact) mass is 342 g/mol. The lowest BCUT2D eigenvalue weighted by atomic mass is 10.0. The fraction of sp³-hybridized carbons (Fsp3) is 0.316. The fourth-order valence-electron chi connectivity index (χ4n) is 2.49. The molecule has 25 heavy (non-hydrogen) atoms. The van der Waals surface area contributed by atoms with Crippen molar-refractivity contribution in [3.63, 3.8) is 0 Å². The summed E-state index contributed by atoms with van der Waals surface area (Å²) in [4.78, 5) is 12.1. The Hall–Kier alpha value is -2.89. The van der Waals surface area contributed by atoms with E-state index in [-0.39, 0.29) is 25.7 Å². The summed E-state index contributed by atoms with van der Waals surface area (Å²) < 4.78 is 16.1. The fourth-order valence-corrected chi connectivity index (χ4v) is 2.49. The third kappa shape index (κ3) is 4.15. The number of nitrogens with two attached hydrogens (primary N) is 1. The van der Waals surface area contributed by atoms with Gasteiger partial charge in [0.15, 0.2) is 11.5 Å². The number of amides is 1.